The molecule has 0 spiro atoms. The molecule has 0 N–H and O–H groups in total. The molecule has 0 saturated carbocycles. The molecule has 6 heteroatoms. The van der Waals surface area contributed by atoms with Crippen LogP contribution in [0.2, 0.25) is 0 Å². The first-order chi connectivity index (χ1) is 8.51. The number of alkyl halides is 3. The van der Waals surface area contributed by atoms with Crippen molar-refractivity contribution < 1.29 is 27.4 Å². The molecule has 1 aliphatic heterocycles. The van der Waals surface area contributed by atoms with Gasteiger partial charge in [0.25, 0.3) is 6.48 Å². The van der Waals surface area contributed by atoms with E-state index in [9.17, 15) is 13.2 Å². The van der Waals surface area contributed by atoms with E-state index in [1.807, 2.05) is 0 Å². The number of methoxy groups -OCH3 is 1. The second-order valence-corrected chi connectivity index (χ2v) is 4.54. The van der Waals surface area contributed by atoms with Gasteiger partial charge in [-0.05, 0) is 12.8 Å². The van der Waals surface area contributed by atoms with Crippen molar-refractivity contribution in [3.8, 4) is 0 Å². The summed E-state index contributed by atoms with van der Waals surface area (Å²) >= 11 is 0. The first-order valence-electron chi connectivity index (χ1n) is 6.38. The summed E-state index contributed by atoms with van der Waals surface area (Å²) in [5.41, 5.74) is 0. The first-order valence-corrected chi connectivity index (χ1v) is 6.38. The minimum atomic E-state index is -4.01. The third-order valence-electron chi connectivity index (χ3n) is 2.90. The highest BCUT2D eigenvalue weighted by Gasteiger charge is 2.26. The van der Waals surface area contributed by atoms with E-state index in [0.29, 0.717) is 13.0 Å². The molecule has 3 nitrogen and oxygen atoms in total. The second-order valence-electron chi connectivity index (χ2n) is 4.54. The molecule has 0 aliphatic carbocycles. The minimum Gasteiger partial charge on any atom is -0.333 e. The van der Waals surface area contributed by atoms with Crippen LogP contribution in [-0.2, 0) is 14.2 Å². The lowest BCUT2D eigenvalue weighted by molar-refractivity contribution is -0.223. The summed E-state index contributed by atoms with van der Waals surface area (Å²) in [4.78, 5) is 0. The average Bonchev–Trinajstić information content (AvgIpc) is 2.74. The lowest BCUT2D eigenvalue weighted by atomic mass is 10.1. The molecule has 0 bridgehead atoms. The second kappa shape index (κ2) is 7.96. The molecule has 108 valence electrons. The van der Waals surface area contributed by atoms with E-state index in [-0.39, 0.29) is 12.5 Å². The molecular weight excluding hydrogens is 249 g/mol. The Kier molecular flexibility index (Phi) is 6.96. The van der Waals surface area contributed by atoms with Crippen LogP contribution < -0.4 is 0 Å². The molecule has 18 heavy (non-hydrogen) atoms. The molecular formula is C12H21F3O3. The maximum Gasteiger partial charge on any atom is 0.389 e. The Morgan fingerprint density at radius 2 is 1.78 bits per heavy atom. The van der Waals surface area contributed by atoms with Crippen LogP contribution >= 0.6 is 0 Å². The molecule has 1 rings (SSSR count). The summed E-state index contributed by atoms with van der Waals surface area (Å²) in [6, 6.07) is 0. The molecule has 2 atom stereocenters. The fraction of sp³-hybridized carbons (Fsp3) is 1.00. The van der Waals surface area contributed by atoms with Crippen molar-refractivity contribution in [1.29, 1.82) is 0 Å². The number of hydrogen-bond acceptors (Lipinski definition) is 3. The van der Waals surface area contributed by atoms with E-state index in [2.05, 4.69) is 0 Å². The number of rotatable bonds is 8. The standard InChI is InChI=1S/C12H21F3O3/c1-16-11-17-9-10(18-11)7-5-3-2-4-6-8-12(13,14)15/h10-11H,2-9H2,1H3. The van der Waals surface area contributed by atoms with Crippen molar-refractivity contribution in [2.75, 3.05) is 13.7 Å². The van der Waals surface area contributed by atoms with Gasteiger partial charge in [-0.3, -0.25) is 0 Å². The van der Waals surface area contributed by atoms with Gasteiger partial charge in [0, 0.05) is 13.5 Å². The smallest absolute Gasteiger partial charge is 0.333 e. The quantitative estimate of drug-likeness (QED) is 0.630. The van der Waals surface area contributed by atoms with Crippen molar-refractivity contribution >= 4 is 0 Å². The van der Waals surface area contributed by atoms with Crippen molar-refractivity contribution in [2.24, 2.45) is 0 Å². The molecule has 0 aromatic rings. The van der Waals surface area contributed by atoms with E-state index < -0.39 is 19.1 Å². The Labute approximate surface area is 106 Å². The van der Waals surface area contributed by atoms with Gasteiger partial charge < -0.3 is 14.2 Å². The molecule has 1 fully saturated rings. The van der Waals surface area contributed by atoms with Gasteiger partial charge in [-0.1, -0.05) is 25.7 Å². The average molecular weight is 270 g/mol. The number of unbranched alkanes of at least 4 members (excludes halogenated alkanes) is 4. The largest absolute Gasteiger partial charge is 0.389 e. The summed E-state index contributed by atoms with van der Waals surface area (Å²) in [7, 11) is 1.52. The third kappa shape index (κ3) is 7.18. The van der Waals surface area contributed by atoms with Gasteiger partial charge in [0.15, 0.2) is 0 Å². The van der Waals surface area contributed by atoms with Crippen LogP contribution in [0.4, 0.5) is 13.2 Å². The van der Waals surface area contributed by atoms with Gasteiger partial charge in [0.05, 0.1) is 12.7 Å². The van der Waals surface area contributed by atoms with Crippen molar-refractivity contribution in [2.45, 2.75) is 63.7 Å². The lowest BCUT2D eigenvalue weighted by Gasteiger charge is -2.09. The molecule has 1 heterocycles. The molecule has 0 aromatic heterocycles. The topological polar surface area (TPSA) is 27.7 Å². The van der Waals surface area contributed by atoms with Gasteiger partial charge in [0.2, 0.25) is 0 Å². The monoisotopic (exact) mass is 270 g/mol. The Morgan fingerprint density at radius 3 is 2.39 bits per heavy atom. The van der Waals surface area contributed by atoms with Crippen LogP contribution in [0.1, 0.15) is 44.9 Å². The molecule has 0 aromatic carbocycles. The first kappa shape index (κ1) is 15.7. The van der Waals surface area contributed by atoms with Crippen molar-refractivity contribution in [1.82, 2.24) is 0 Å². The van der Waals surface area contributed by atoms with Crippen molar-refractivity contribution in [3.05, 3.63) is 0 Å². The number of halogens is 3. The lowest BCUT2D eigenvalue weighted by Crippen LogP contribution is -2.13. The van der Waals surface area contributed by atoms with Crippen LogP contribution in [0.3, 0.4) is 0 Å². The van der Waals surface area contributed by atoms with Crippen LogP contribution in [0, 0.1) is 0 Å². The highest BCUT2D eigenvalue weighted by atomic mass is 19.4. The number of hydrogen-bond donors (Lipinski definition) is 0. The fourth-order valence-corrected chi connectivity index (χ4v) is 1.92. The molecule has 1 saturated heterocycles. The summed E-state index contributed by atoms with van der Waals surface area (Å²) in [6.07, 6.45) is -0.125. The van der Waals surface area contributed by atoms with E-state index in [1.165, 1.54) is 7.11 Å². The van der Waals surface area contributed by atoms with Crippen LogP contribution in [-0.4, -0.2) is 32.5 Å². The zero-order valence-electron chi connectivity index (χ0n) is 10.7. The molecule has 0 radical (unpaired) electrons. The van der Waals surface area contributed by atoms with E-state index in [0.717, 1.165) is 25.7 Å². The predicted octanol–water partition coefficient (Wildman–Crippen LogP) is 3.62. The minimum absolute atomic E-state index is 0.0603. The van der Waals surface area contributed by atoms with E-state index in [4.69, 9.17) is 14.2 Å². The normalized spacial score (nSPS) is 24.7. The molecule has 0 amide bonds. The summed E-state index contributed by atoms with van der Waals surface area (Å²) in [5.74, 6) is 0. The van der Waals surface area contributed by atoms with Gasteiger partial charge in [-0.2, -0.15) is 13.2 Å². The summed E-state index contributed by atoms with van der Waals surface area (Å²) in [6.45, 7) is -0.0196. The van der Waals surface area contributed by atoms with Gasteiger partial charge in [-0.25, -0.2) is 0 Å². The highest BCUT2D eigenvalue weighted by molar-refractivity contribution is 4.62. The van der Waals surface area contributed by atoms with Gasteiger partial charge in [-0.15, -0.1) is 0 Å². The summed E-state index contributed by atoms with van der Waals surface area (Å²) < 4.78 is 51.0. The van der Waals surface area contributed by atoms with E-state index in [1.54, 1.807) is 0 Å². The maximum atomic E-state index is 11.9. The van der Waals surface area contributed by atoms with E-state index >= 15 is 0 Å². The van der Waals surface area contributed by atoms with Crippen molar-refractivity contribution in [3.63, 3.8) is 0 Å². The van der Waals surface area contributed by atoms with Gasteiger partial charge in [0.1, 0.15) is 0 Å². The molecule has 1 aliphatic rings. The van der Waals surface area contributed by atoms with Crippen LogP contribution in [0.25, 0.3) is 0 Å². The number of ether oxygens (including phenoxy) is 3. The third-order valence-corrected chi connectivity index (χ3v) is 2.90. The van der Waals surface area contributed by atoms with Gasteiger partial charge >= 0.3 is 6.18 Å². The summed E-state index contributed by atoms with van der Waals surface area (Å²) in [5, 5.41) is 0. The Bertz CT molecular complexity index is 221. The predicted molar refractivity (Wildman–Crippen MR) is 60.0 cm³/mol. The zero-order chi connectivity index (χ0) is 13.4. The Balaban J connectivity index is 1.87. The Morgan fingerprint density at radius 1 is 1.11 bits per heavy atom. The zero-order valence-corrected chi connectivity index (χ0v) is 10.7. The highest BCUT2D eigenvalue weighted by Crippen LogP contribution is 2.23. The maximum absolute atomic E-state index is 11.9. The SMILES string of the molecule is COC1OCC(CCCCCCCC(F)(F)F)O1. The molecule has 2 unspecified atom stereocenters. The van der Waals surface area contributed by atoms with Crippen LogP contribution in [0.15, 0.2) is 0 Å². The Hall–Kier alpha value is -0.330. The van der Waals surface area contributed by atoms with Crippen LogP contribution in [0.5, 0.6) is 0 Å². The fourth-order valence-electron chi connectivity index (χ4n) is 1.92.